The first-order valence-corrected chi connectivity index (χ1v) is 5.59. The lowest BCUT2D eigenvalue weighted by Gasteiger charge is -2.23. The topological polar surface area (TPSA) is 40.2 Å². The van der Waals surface area contributed by atoms with Crippen molar-refractivity contribution in [2.75, 3.05) is 13.1 Å². The van der Waals surface area contributed by atoms with E-state index in [1.165, 1.54) is 25.7 Å². The van der Waals surface area contributed by atoms with E-state index in [2.05, 4.69) is 11.0 Å². The zero-order valence-corrected chi connectivity index (χ0v) is 8.85. The molecular formula is C12H16N2O. The Labute approximate surface area is 90.3 Å². The van der Waals surface area contributed by atoms with Crippen LogP contribution in [0.3, 0.4) is 0 Å². The van der Waals surface area contributed by atoms with Gasteiger partial charge in [-0.1, -0.05) is 12.8 Å². The van der Waals surface area contributed by atoms with Crippen molar-refractivity contribution >= 4 is 0 Å². The molecule has 0 aliphatic carbocycles. The van der Waals surface area contributed by atoms with Crippen LogP contribution in [0.25, 0.3) is 0 Å². The molecular weight excluding hydrogens is 188 g/mol. The fourth-order valence-corrected chi connectivity index (χ4v) is 2.13. The fourth-order valence-electron chi connectivity index (χ4n) is 2.13. The first-order chi connectivity index (χ1) is 7.42. The summed E-state index contributed by atoms with van der Waals surface area (Å²) in [5.41, 5.74) is 0. The van der Waals surface area contributed by atoms with E-state index in [-0.39, 0.29) is 6.04 Å². The maximum Gasteiger partial charge on any atom is 0.156 e. The van der Waals surface area contributed by atoms with Gasteiger partial charge < -0.3 is 4.42 Å². The van der Waals surface area contributed by atoms with Crippen LogP contribution in [0.4, 0.5) is 0 Å². The summed E-state index contributed by atoms with van der Waals surface area (Å²) in [6.45, 7) is 2.03. The monoisotopic (exact) mass is 204 g/mol. The van der Waals surface area contributed by atoms with E-state index in [9.17, 15) is 5.26 Å². The molecule has 0 spiro atoms. The number of furan rings is 1. The Morgan fingerprint density at radius 3 is 2.53 bits per heavy atom. The third kappa shape index (κ3) is 2.40. The summed E-state index contributed by atoms with van der Waals surface area (Å²) in [7, 11) is 0. The highest BCUT2D eigenvalue weighted by molar-refractivity contribution is 5.12. The number of hydrogen-bond acceptors (Lipinski definition) is 3. The lowest BCUT2D eigenvalue weighted by Crippen LogP contribution is -2.28. The summed E-state index contributed by atoms with van der Waals surface area (Å²) >= 11 is 0. The van der Waals surface area contributed by atoms with Crippen LogP contribution >= 0.6 is 0 Å². The van der Waals surface area contributed by atoms with Gasteiger partial charge in [-0.05, 0) is 38.1 Å². The summed E-state index contributed by atoms with van der Waals surface area (Å²) in [5.74, 6) is 0.777. The normalized spacial score (nSPS) is 20.5. The van der Waals surface area contributed by atoms with Crippen molar-refractivity contribution in [3.63, 3.8) is 0 Å². The van der Waals surface area contributed by atoms with E-state index in [0.717, 1.165) is 18.8 Å². The lowest BCUT2D eigenvalue weighted by molar-refractivity contribution is 0.221. The summed E-state index contributed by atoms with van der Waals surface area (Å²) in [5, 5.41) is 9.19. The zero-order chi connectivity index (χ0) is 10.5. The molecule has 1 aliphatic heterocycles. The van der Waals surface area contributed by atoms with Crippen LogP contribution in [0.2, 0.25) is 0 Å². The molecule has 1 saturated heterocycles. The summed E-state index contributed by atoms with van der Waals surface area (Å²) in [4.78, 5) is 2.23. The zero-order valence-electron chi connectivity index (χ0n) is 8.85. The van der Waals surface area contributed by atoms with Crippen LogP contribution in [0.1, 0.15) is 37.5 Å². The molecule has 1 aromatic rings. The Hall–Kier alpha value is -1.27. The molecule has 1 atom stereocenters. The Kier molecular flexibility index (Phi) is 3.41. The van der Waals surface area contributed by atoms with E-state index in [1.807, 2.05) is 12.1 Å². The molecule has 1 aromatic heterocycles. The highest BCUT2D eigenvalue weighted by atomic mass is 16.3. The Morgan fingerprint density at radius 2 is 2.00 bits per heavy atom. The molecule has 0 amide bonds. The first kappa shape index (κ1) is 10.3. The van der Waals surface area contributed by atoms with Gasteiger partial charge in [0.25, 0.3) is 0 Å². The molecule has 0 aromatic carbocycles. The third-order valence-electron chi connectivity index (χ3n) is 2.94. The van der Waals surface area contributed by atoms with Crippen LogP contribution < -0.4 is 0 Å². The van der Waals surface area contributed by atoms with Crippen molar-refractivity contribution in [3.8, 4) is 6.07 Å². The molecule has 0 bridgehead atoms. The highest BCUT2D eigenvalue weighted by Gasteiger charge is 2.22. The van der Waals surface area contributed by atoms with Gasteiger partial charge in [0.15, 0.2) is 6.04 Å². The molecule has 1 fully saturated rings. The minimum absolute atomic E-state index is 0.196. The maximum atomic E-state index is 9.19. The number of likely N-dealkylation sites (tertiary alicyclic amines) is 1. The van der Waals surface area contributed by atoms with Gasteiger partial charge in [-0.25, -0.2) is 0 Å². The number of rotatable bonds is 2. The molecule has 80 valence electrons. The average molecular weight is 204 g/mol. The average Bonchev–Trinajstić information content (AvgIpc) is 2.63. The van der Waals surface area contributed by atoms with Gasteiger partial charge in [0.05, 0.1) is 12.3 Å². The molecule has 3 heteroatoms. The molecule has 3 nitrogen and oxygen atoms in total. The smallest absolute Gasteiger partial charge is 0.156 e. The largest absolute Gasteiger partial charge is 0.467 e. The number of nitriles is 1. The van der Waals surface area contributed by atoms with E-state index in [0.29, 0.717) is 0 Å². The predicted octanol–water partition coefficient (Wildman–Crippen LogP) is 2.72. The van der Waals surface area contributed by atoms with Gasteiger partial charge in [0.2, 0.25) is 0 Å². The van der Waals surface area contributed by atoms with Crippen molar-refractivity contribution in [1.82, 2.24) is 4.90 Å². The molecule has 0 N–H and O–H groups in total. The van der Waals surface area contributed by atoms with Gasteiger partial charge in [-0.15, -0.1) is 0 Å². The van der Waals surface area contributed by atoms with Crippen molar-refractivity contribution in [2.45, 2.75) is 31.7 Å². The second kappa shape index (κ2) is 4.99. The SMILES string of the molecule is N#CC(c1ccco1)N1CCCCCC1. The van der Waals surface area contributed by atoms with Gasteiger partial charge in [0, 0.05) is 0 Å². The van der Waals surface area contributed by atoms with E-state index in [4.69, 9.17) is 4.42 Å². The molecule has 15 heavy (non-hydrogen) atoms. The predicted molar refractivity (Wildman–Crippen MR) is 57.1 cm³/mol. The van der Waals surface area contributed by atoms with Gasteiger partial charge in [0.1, 0.15) is 5.76 Å². The summed E-state index contributed by atoms with van der Waals surface area (Å²) in [6, 6.07) is 5.87. The Balaban J connectivity index is 2.09. The standard InChI is InChI=1S/C12H16N2O/c13-10-11(12-6-5-9-15-12)14-7-3-1-2-4-8-14/h5-6,9,11H,1-4,7-8H2. The van der Waals surface area contributed by atoms with Crippen LogP contribution in [-0.4, -0.2) is 18.0 Å². The Morgan fingerprint density at radius 1 is 1.27 bits per heavy atom. The van der Waals surface area contributed by atoms with E-state index in [1.54, 1.807) is 6.26 Å². The van der Waals surface area contributed by atoms with Gasteiger partial charge >= 0.3 is 0 Å². The maximum absolute atomic E-state index is 9.19. The quantitative estimate of drug-likeness (QED) is 0.743. The third-order valence-corrected chi connectivity index (χ3v) is 2.94. The number of hydrogen-bond donors (Lipinski definition) is 0. The Bertz CT molecular complexity index is 318. The minimum Gasteiger partial charge on any atom is -0.467 e. The van der Waals surface area contributed by atoms with Crippen molar-refractivity contribution in [1.29, 1.82) is 5.26 Å². The molecule has 0 saturated carbocycles. The molecule has 2 rings (SSSR count). The van der Waals surface area contributed by atoms with Gasteiger partial charge in [-0.3, -0.25) is 4.90 Å². The first-order valence-electron chi connectivity index (χ1n) is 5.59. The van der Waals surface area contributed by atoms with Crippen LogP contribution in [-0.2, 0) is 0 Å². The van der Waals surface area contributed by atoms with E-state index >= 15 is 0 Å². The van der Waals surface area contributed by atoms with Crippen LogP contribution in [0.15, 0.2) is 22.8 Å². The summed E-state index contributed by atoms with van der Waals surface area (Å²) in [6.07, 6.45) is 6.59. The van der Waals surface area contributed by atoms with Crippen molar-refractivity contribution in [3.05, 3.63) is 24.2 Å². The summed E-state index contributed by atoms with van der Waals surface area (Å²) < 4.78 is 5.32. The molecule has 2 heterocycles. The van der Waals surface area contributed by atoms with Crippen LogP contribution in [0.5, 0.6) is 0 Å². The van der Waals surface area contributed by atoms with Gasteiger partial charge in [-0.2, -0.15) is 5.26 Å². The van der Waals surface area contributed by atoms with E-state index < -0.39 is 0 Å². The second-order valence-corrected chi connectivity index (χ2v) is 4.00. The molecule has 1 aliphatic rings. The van der Waals surface area contributed by atoms with Crippen molar-refractivity contribution < 1.29 is 4.42 Å². The van der Waals surface area contributed by atoms with Crippen molar-refractivity contribution in [2.24, 2.45) is 0 Å². The fraction of sp³-hybridized carbons (Fsp3) is 0.583. The highest BCUT2D eigenvalue weighted by Crippen LogP contribution is 2.23. The molecule has 0 radical (unpaired) electrons. The minimum atomic E-state index is -0.196. The van der Waals surface area contributed by atoms with Crippen LogP contribution in [0, 0.1) is 11.3 Å². The second-order valence-electron chi connectivity index (χ2n) is 4.00. The number of nitrogens with zero attached hydrogens (tertiary/aromatic N) is 2. The lowest BCUT2D eigenvalue weighted by atomic mass is 10.2. The molecule has 1 unspecified atom stereocenters.